The monoisotopic (exact) mass is 978 g/mol. The highest BCUT2D eigenvalue weighted by Gasteiger charge is 2.60. The second-order valence-electron chi connectivity index (χ2n) is 21.6. The lowest BCUT2D eigenvalue weighted by Crippen LogP contribution is -2.52. The third-order valence-corrected chi connectivity index (χ3v) is 16.7. The second-order valence-corrected chi connectivity index (χ2v) is 21.6. The zero-order valence-electron chi connectivity index (χ0n) is 41.3. The van der Waals surface area contributed by atoms with Crippen LogP contribution in [0.5, 0.6) is 0 Å². The molecule has 2 aliphatic heterocycles. The number of hydrogen-bond acceptors (Lipinski definition) is 9. The Kier molecular flexibility index (Phi) is 10.3. The quantitative estimate of drug-likeness (QED) is 0.147. The number of imidazole rings is 1. The number of aryl methyl sites for hydroxylation is 3. The number of hydrogen-bond donors (Lipinski definition) is 1. The van der Waals surface area contributed by atoms with Gasteiger partial charge in [0.1, 0.15) is 29.2 Å². The maximum Gasteiger partial charge on any atom is 0.438 e. The van der Waals surface area contributed by atoms with Crippen LogP contribution in [0.2, 0.25) is 0 Å². The van der Waals surface area contributed by atoms with Gasteiger partial charge in [-0.15, -0.1) is 0 Å². The summed E-state index contributed by atoms with van der Waals surface area (Å²) in [6, 6.07) is 14.2. The van der Waals surface area contributed by atoms with Crippen molar-refractivity contribution in [2.75, 3.05) is 13.2 Å². The first-order valence-corrected chi connectivity index (χ1v) is 24.9. The van der Waals surface area contributed by atoms with Gasteiger partial charge >= 0.3 is 11.4 Å². The van der Waals surface area contributed by atoms with E-state index in [1.807, 2.05) is 22.5 Å². The fourth-order valence-corrected chi connectivity index (χ4v) is 12.7. The SMILES string of the molecule is Cc1cc(-n2nc3c(c2-n2ccn(-c4ccc5c(cnn5C)c4F)c2=O)[C@H](C)N(C(=O)c2cc4cc([C@H]5CCOC(C)(C)C5)ccc4n2[C@@]2(c4noc(=O)[nH]4)C[C@@H]2C)CC32CCC(C=O)CC2)cc(C)c1F. The molecule has 12 rings (SSSR count). The van der Waals surface area contributed by atoms with Crippen LogP contribution in [-0.4, -0.2) is 79.2 Å². The van der Waals surface area contributed by atoms with Crippen molar-refractivity contribution < 1.29 is 27.6 Å². The van der Waals surface area contributed by atoms with E-state index in [4.69, 9.17) is 14.4 Å². The summed E-state index contributed by atoms with van der Waals surface area (Å²) in [7, 11) is 1.72. The van der Waals surface area contributed by atoms with E-state index in [-0.39, 0.29) is 52.7 Å². The van der Waals surface area contributed by atoms with Gasteiger partial charge in [0, 0.05) is 60.4 Å². The van der Waals surface area contributed by atoms with Crippen molar-refractivity contribution in [3.05, 3.63) is 139 Å². The number of H-pyrrole nitrogens is 1. The molecule has 0 bridgehead atoms. The van der Waals surface area contributed by atoms with Crippen LogP contribution < -0.4 is 11.4 Å². The molecule has 4 atom stereocenters. The third kappa shape index (κ3) is 6.80. The lowest BCUT2D eigenvalue weighted by molar-refractivity contribution is -0.112. The van der Waals surface area contributed by atoms with Crippen molar-refractivity contribution in [1.29, 1.82) is 0 Å². The highest BCUT2D eigenvalue weighted by atomic mass is 19.1. The molecule has 5 aromatic heterocycles. The van der Waals surface area contributed by atoms with E-state index >= 15 is 18.4 Å². The number of aromatic amines is 1. The van der Waals surface area contributed by atoms with Crippen molar-refractivity contribution >= 4 is 34.0 Å². The predicted molar refractivity (Wildman–Crippen MR) is 263 cm³/mol. The lowest BCUT2D eigenvalue weighted by Gasteiger charge is -2.48. The van der Waals surface area contributed by atoms with Crippen LogP contribution in [0.25, 0.3) is 39.0 Å². The van der Waals surface area contributed by atoms with Gasteiger partial charge in [-0.1, -0.05) is 18.1 Å². The first-order chi connectivity index (χ1) is 34.4. The van der Waals surface area contributed by atoms with Crippen LogP contribution in [0, 0.1) is 37.3 Å². The van der Waals surface area contributed by atoms with Crippen LogP contribution >= 0.6 is 0 Å². The number of rotatable bonds is 8. The van der Waals surface area contributed by atoms with Gasteiger partial charge in [-0.3, -0.25) is 28.1 Å². The Hall–Kier alpha value is -7.21. The molecule has 2 aliphatic carbocycles. The fourth-order valence-electron chi connectivity index (χ4n) is 12.7. The van der Waals surface area contributed by atoms with Crippen LogP contribution in [0.15, 0.2) is 81.2 Å². The molecule has 372 valence electrons. The van der Waals surface area contributed by atoms with Crippen molar-refractivity contribution in [3.8, 4) is 17.2 Å². The van der Waals surface area contributed by atoms with Gasteiger partial charge in [0.15, 0.2) is 11.6 Å². The Morgan fingerprint density at radius 2 is 1.64 bits per heavy atom. The van der Waals surface area contributed by atoms with E-state index in [2.05, 4.69) is 54.2 Å². The molecule has 18 heteroatoms. The van der Waals surface area contributed by atoms with Crippen molar-refractivity contribution in [3.63, 3.8) is 0 Å². The van der Waals surface area contributed by atoms with Crippen LogP contribution in [-0.2, 0) is 27.5 Å². The number of fused-ring (bicyclic) bond motifs is 4. The molecule has 4 aliphatic rings. The number of nitrogens with one attached hydrogen (secondary N) is 1. The number of carbonyl (C=O) groups excluding carboxylic acids is 2. The summed E-state index contributed by atoms with van der Waals surface area (Å²) < 4.78 is 51.0. The van der Waals surface area contributed by atoms with Crippen molar-refractivity contribution in [1.82, 2.24) is 48.3 Å². The van der Waals surface area contributed by atoms with Gasteiger partial charge in [0.2, 0.25) is 0 Å². The topological polar surface area (TPSA) is 173 Å². The molecule has 3 fully saturated rings. The number of aromatic nitrogens is 9. The molecular weight excluding hydrogens is 923 g/mol. The second kappa shape index (κ2) is 16.2. The number of halogens is 2. The minimum atomic E-state index is -0.913. The predicted octanol–water partition coefficient (Wildman–Crippen LogP) is 8.53. The Labute approximate surface area is 412 Å². The van der Waals surface area contributed by atoms with Gasteiger partial charge < -0.3 is 19.0 Å². The molecule has 16 nitrogen and oxygen atoms in total. The minimum Gasteiger partial charge on any atom is -0.376 e. The van der Waals surface area contributed by atoms with E-state index in [1.54, 1.807) is 60.7 Å². The highest BCUT2D eigenvalue weighted by Crippen LogP contribution is 2.57. The molecule has 1 saturated heterocycles. The maximum absolute atomic E-state index is 16.4. The molecule has 2 saturated carbocycles. The number of nitrogens with zero attached hydrogens (tertiary/aromatic N) is 9. The molecule has 3 aromatic carbocycles. The Morgan fingerprint density at radius 3 is 2.32 bits per heavy atom. The van der Waals surface area contributed by atoms with Crippen LogP contribution in [0.1, 0.15) is 129 Å². The highest BCUT2D eigenvalue weighted by molar-refractivity contribution is 6.00. The molecule has 1 spiro atoms. The third-order valence-electron chi connectivity index (χ3n) is 16.7. The van der Waals surface area contributed by atoms with E-state index in [1.165, 1.54) is 21.5 Å². The van der Waals surface area contributed by atoms with Gasteiger partial charge in [-0.2, -0.15) is 10.2 Å². The first-order valence-electron chi connectivity index (χ1n) is 24.9. The zero-order chi connectivity index (χ0) is 50.3. The van der Waals surface area contributed by atoms with E-state index in [0.717, 1.165) is 35.6 Å². The number of ether oxygens (including phenoxy) is 1. The lowest BCUT2D eigenvalue weighted by atomic mass is 9.65. The van der Waals surface area contributed by atoms with Crippen LogP contribution in [0.3, 0.4) is 0 Å². The Morgan fingerprint density at radius 1 is 0.917 bits per heavy atom. The summed E-state index contributed by atoms with van der Waals surface area (Å²) in [5.41, 5.74) is 2.85. The van der Waals surface area contributed by atoms with Crippen molar-refractivity contribution in [2.45, 2.75) is 115 Å². The number of aldehydes is 1. The number of amides is 1. The summed E-state index contributed by atoms with van der Waals surface area (Å²) in [5.74, 6) is -1.31. The number of carbonyl (C=O) groups is 2. The largest absolute Gasteiger partial charge is 0.438 e. The number of benzene rings is 3. The van der Waals surface area contributed by atoms with E-state index < -0.39 is 34.3 Å². The summed E-state index contributed by atoms with van der Waals surface area (Å²) in [6.07, 6.45) is 9.90. The van der Waals surface area contributed by atoms with Gasteiger partial charge in [0.05, 0.1) is 45.8 Å². The summed E-state index contributed by atoms with van der Waals surface area (Å²) in [4.78, 5) is 61.0. The average Bonchev–Trinajstić information content (AvgIpc) is 4.00. The summed E-state index contributed by atoms with van der Waals surface area (Å²) in [5, 5.41) is 15.0. The van der Waals surface area contributed by atoms with Gasteiger partial charge in [0.25, 0.3) is 5.91 Å². The summed E-state index contributed by atoms with van der Waals surface area (Å²) in [6.45, 7) is 12.4. The normalized spacial score (nSPS) is 24.9. The smallest absolute Gasteiger partial charge is 0.376 e. The van der Waals surface area contributed by atoms with E-state index in [0.29, 0.717) is 89.6 Å². The molecule has 1 amide bonds. The Balaban J connectivity index is 1.07. The molecule has 8 aromatic rings. The molecular formula is C54H56F2N10O6. The zero-order valence-corrected chi connectivity index (χ0v) is 41.3. The molecule has 0 unspecified atom stereocenters. The van der Waals surface area contributed by atoms with E-state index in [9.17, 15) is 9.59 Å². The molecule has 1 N–H and O–H groups in total. The molecule has 7 heterocycles. The maximum atomic E-state index is 16.4. The molecule has 0 radical (unpaired) electrons. The Bertz CT molecular complexity index is 3650. The van der Waals surface area contributed by atoms with Gasteiger partial charge in [-0.25, -0.2) is 23.1 Å². The van der Waals surface area contributed by atoms with Crippen molar-refractivity contribution in [2.24, 2.45) is 18.9 Å². The minimum absolute atomic E-state index is 0.0226. The van der Waals surface area contributed by atoms with Crippen LogP contribution in [0.4, 0.5) is 8.78 Å². The molecule has 72 heavy (non-hydrogen) atoms. The summed E-state index contributed by atoms with van der Waals surface area (Å²) >= 11 is 0. The average molecular weight is 979 g/mol. The standard InChI is InChI=1S/C54H56F2N10O6/c1-29-20-37(21-30(2)44(29)55)66-47(63-18-17-62(51(63)70)41-11-10-40-38(45(41)56)26-57-61(40)7)43-32(4)64(28-53(46(43)59-66)15-12-33(27-67)13-16-53)48(68)42-23-36-22-34(35-14-19-71-52(5,6)25-35)8-9-39(36)65(42)54(24-31(54)3)49-58-50(69)72-60-49/h8-11,17-18,20-23,26-27,31-33,35H,12-16,19,24-25,28H2,1-7H3,(H,58,60,69)/t31-,32-,33?,35-,53?,54-/m0/s1. The fraction of sp³-hybridized carbons (Fsp3) is 0.426. The van der Waals surface area contributed by atoms with Gasteiger partial charge in [-0.05, 0) is 151 Å². The first kappa shape index (κ1) is 45.9.